The third-order valence-corrected chi connectivity index (χ3v) is 5.09. The molecule has 1 aromatic heterocycles. The van der Waals surface area contributed by atoms with Crippen LogP contribution in [0, 0.1) is 11.3 Å². The van der Waals surface area contributed by atoms with Gasteiger partial charge in [0.2, 0.25) is 0 Å². The largest absolute Gasteiger partial charge is 0.493 e. The molecule has 0 aliphatic carbocycles. The Kier molecular flexibility index (Phi) is 6.42. The summed E-state index contributed by atoms with van der Waals surface area (Å²) in [5.41, 5.74) is 2.69. The standard InChI is InChI=1S/C20H15Cl2N3O2S/c1-26-18-4-3-12(5-19(18)27-2)17-11-28-20(25-17)13(9-23)10-24-16-7-14(21)6-15(22)8-16/h3-8,10-11,24H,1-2H3. The number of allylic oxidation sites excluding steroid dienone is 1. The molecule has 0 radical (unpaired) electrons. The first-order valence-corrected chi connectivity index (χ1v) is 9.69. The highest BCUT2D eigenvalue weighted by atomic mass is 35.5. The number of nitrogens with zero attached hydrogens (tertiary/aromatic N) is 2. The van der Waals surface area contributed by atoms with Gasteiger partial charge < -0.3 is 14.8 Å². The van der Waals surface area contributed by atoms with Crippen LogP contribution in [0.1, 0.15) is 5.01 Å². The maximum atomic E-state index is 9.52. The fraction of sp³-hybridized carbons (Fsp3) is 0.100. The van der Waals surface area contributed by atoms with Crippen LogP contribution in [0.2, 0.25) is 10.0 Å². The Bertz CT molecular complexity index is 1050. The predicted octanol–water partition coefficient (Wildman–Crippen LogP) is 6.11. The van der Waals surface area contributed by atoms with Gasteiger partial charge in [-0.05, 0) is 36.4 Å². The molecular formula is C20H15Cl2N3O2S. The Labute approximate surface area is 176 Å². The normalized spacial score (nSPS) is 11.0. The third-order valence-electron chi connectivity index (χ3n) is 3.78. The van der Waals surface area contributed by atoms with Gasteiger partial charge in [-0.1, -0.05) is 23.2 Å². The van der Waals surface area contributed by atoms with E-state index in [1.807, 2.05) is 23.6 Å². The van der Waals surface area contributed by atoms with Gasteiger partial charge in [0.05, 0.1) is 19.9 Å². The minimum atomic E-state index is 0.396. The number of benzene rings is 2. The molecule has 0 unspecified atom stereocenters. The van der Waals surface area contributed by atoms with E-state index in [2.05, 4.69) is 16.4 Å². The van der Waals surface area contributed by atoms with E-state index in [1.165, 1.54) is 11.3 Å². The Balaban J connectivity index is 1.86. The molecule has 0 aliphatic heterocycles. The summed E-state index contributed by atoms with van der Waals surface area (Å²) in [5, 5.41) is 16.0. The van der Waals surface area contributed by atoms with E-state index in [9.17, 15) is 5.26 Å². The molecule has 0 saturated heterocycles. The topological polar surface area (TPSA) is 67.2 Å². The molecular weight excluding hydrogens is 417 g/mol. The highest BCUT2D eigenvalue weighted by Crippen LogP contribution is 2.33. The van der Waals surface area contributed by atoms with Crippen LogP contribution in [0.3, 0.4) is 0 Å². The number of rotatable bonds is 6. The molecule has 0 amide bonds. The van der Waals surface area contributed by atoms with Crippen molar-refractivity contribution in [2.45, 2.75) is 0 Å². The molecule has 0 saturated carbocycles. The maximum Gasteiger partial charge on any atom is 0.161 e. The molecule has 0 spiro atoms. The zero-order valence-corrected chi connectivity index (χ0v) is 17.3. The van der Waals surface area contributed by atoms with E-state index in [4.69, 9.17) is 32.7 Å². The van der Waals surface area contributed by atoms with Crippen LogP contribution in [0.4, 0.5) is 5.69 Å². The number of ether oxygens (including phenoxy) is 2. The number of aromatic nitrogens is 1. The Morgan fingerprint density at radius 1 is 1.11 bits per heavy atom. The number of hydrogen-bond donors (Lipinski definition) is 1. The molecule has 1 N–H and O–H groups in total. The average Bonchev–Trinajstić information content (AvgIpc) is 3.17. The highest BCUT2D eigenvalue weighted by molar-refractivity contribution is 7.11. The van der Waals surface area contributed by atoms with Gasteiger partial charge >= 0.3 is 0 Å². The number of thiazole rings is 1. The zero-order valence-electron chi connectivity index (χ0n) is 15.0. The summed E-state index contributed by atoms with van der Waals surface area (Å²) >= 11 is 13.4. The molecule has 142 valence electrons. The van der Waals surface area contributed by atoms with E-state index in [-0.39, 0.29) is 0 Å². The third kappa shape index (κ3) is 4.57. The summed E-state index contributed by atoms with van der Waals surface area (Å²) in [6.07, 6.45) is 1.58. The van der Waals surface area contributed by atoms with Crippen LogP contribution in [0.5, 0.6) is 11.5 Å². The van der Waals surface area contributed by atoms with Crippen molar-refractivity contribution in [3.05, 3.63) is 63.0 Å². The molecule has 0 bridgehead atoms. The lowest BCUT2D eigenvalue weighted by Crippen LogP contribution is -1.92. The SMILES string of the molecule is COc1ccc(-c2csc(C(C#N)=CNc3cc(Cl)cc(Cl)c3)n2)cc1OC. The lowest BCUT2D eigenvalue weighted by Gasteiger charge is -2.08. The summed E-state index contributed by atoms with van der Waals surface area (Å²) < 4.78 is 10.6. The first kappa shape index (κ1) is 20.0. The van der Waals surface area contributed by atoms with E-state index < -0.39 is 0 Å². The van der Waals surface area contributed by atoms with E-state index in [1.54, 1.807) is 38.6 Å². The molecule has 0 atom stereocenters. The van der Waals surface area contributed by atoms with Crippen molar-refractivity contribution in [3.8, 4) is 28.8 Å². The van der Waals surface area contributed by atoms with Crippen molar-refractivity contribution >= 4 is 45.8 Å². The second kappa shape index (κ2) is 8.98. The molecule has 3 aromatic rings. The number of halogens is 2. The first-order valence-electron chi connectivity index (χ1n) is 8.05. The van der Waals surface area contributed by atoms with Crippen molar-refractivity contribution in [1.29, 1.82) is 5.26 Å². The number of nitriles is 1. The minimum absolute atomic E-state index is 0.396. The van der Waals surface area contributed by atoms with Gasteiger partial charge in [-0.3, -0.25) is 0 Å². The summed E-state index contributed by atoms with van der Waals surface area (Å²) in [6, 6.07) is 12.8. The van der Waals surface area contributed by atoms with Crippen LogP contribution in [-0.4, -0.2) is 19.2 Å². The Morgan fingerprint density at radius 3 is 2.46 bits per heavy atom. The monoisotopic (exact) mass is 431 g/mol. The molecule has 1 heterocycles. The number of nitrogens with one attached hydrogen (secondary N) is 1. The van der Waals surface area contributed by atoms with Gasteiger partial charge in [-0.15, -0.1) is 11.3 Å². The van der Waals surface area contributed by atoms with Crippen LogP contribution in [-0.2, 0) is 0 Å². The van der Waals surface area contributed by atoms with Crippen LogP contribution < -0.4 is 14.8 Å². The smallest absolute Gasteiger partial charge is 0.161 e. The summed E-state index contributed by atoms with van der Waals surface area (Å²) in [4.78, 5) is 4.57. The molecule has 0 aliphatic rings. The second-order valence-electron chi connectivity index (χ2n) is 5.58. The Morgan fingerprint density at radius 2 is 1.82 bits per heavy atom. The van der Waals surface area contributed by atoms with E-state index >= 15 is 0 Å². The van der Waals surface area contributed by atoms with Gasteiger partial charge in [0.1, 0.15) is 16.6 Å². The highest BCUT2D eigenvalue weighted by Gasteiger charge is 2.12. The quantitative estimate of drug-likeness (QED) is 0.476. The van der Waals surface area contributed by atoms with Gasteiger partial charge in [0, 0.05) is 32.9 Å². The number of methoxy groups -OCH3 is 2. The Hall–Kier alpha value is -2.72. The second-order valence-corrected chi connectivity index (χ2v) is 7.31. The average molecular weight is 432 g/mol. The van der Waals surface area contributed by atoms with Crippen molar-refractivity contribution in [1.82, 2.24) is 4.98 Å². The van der Waals surface area contributed by atoms with Crippen molar-refractivity contribution < 1.29 is 9.47 Å². The van der Waals surface area contributed by atoms with E-state index in [0.29, 0.717) is 37.8 Å². The molecule has 5 nitrogen and oxygen atoms in total. The van der Waals surface area contributed by atoms with Gasteiger partial charge in [0.15, 0.2) is 11.5 Å². The minimum Gasteiger partial charge on any atom is -0.493 e. The molecule has 8 heteroatoms. The van der Waals surface area contributed by atoms with Crippen LogP contribution >= 0.6 is 34.5 Å². The van der Waals surface area contributed by atoms with Crippen molar-refractivity contribution in [2.24, 2.45) is 0 Å². The fourth-order valence-corrected chi connectivity index (χ4v) is 3.78. The van der Waals surface area contributed by atoms with Gasteiger partial charge in [-0.2, -0.15) is 5.26 Å². The molecule has 0 fully saturated rings. The number of anilines is 1. The molecule has 28 heavy (non-hydrogen) atoms. The van der Waals surface area contributed by atoms with Crippen LogP contribution in [0.15, 0.2) is 48.0 Å². The van der Waals surface area contributed by atoms with Crippen molar-refractivity contribution in [3.63, 3.8) is 0 Å². The van der Waals surface area contributed by atoms with E-state index in [0.717, 1.165) is 11.3 Å². The summed E-state index contributed by atoms with van der Waals surface area (Å²) in [5.74, 6) is 1.26. The number of hydrogen-bond acceptors (Lipinski definition) is 6. The van der Waals surface area contributed by atoms with Gasteiger partial charge in [-0.25, -0.2) is 4.98 Å². The first-order chi connectivity index (χ1) is 13.5. The van der Waals surface area contributed by atoms with Crippen LogP contribution in [0.25, 0.3) is 16.8 Å². The summed E-state index contributed by atoms with van der Waals surface area (Å²) in [7, 11) is 3.17. The lowest BCUT2D eigenvalue weighted by atomic mass is 10.1. The molecule has 2 aromatic carbocycles. The predicted molar refractivity (Wildman–Crippen MR) is 114 cm³/mol. The zero-order chi connectivity index (χ0) is 20.1. The lowest BCUT2D eigenvalue weighted by molar-refractivity contribution is 0.355. The maximum absolute atomic E-state index is 9.52. The van der Waals surface area contributed by atoms with Crippen molar-refractivity contribution in [2.75, 3.05) is 19.5 Å². The molecule has 3 rings (SSSR count). The fourth-order valence-electron chi connectivity index (χ4n) is 2.46. The summed E-state index contributed by atoms with van der Waals surface area (Å²) in [6.45, 7) is 0. The van der Waals surface area contributed by atoms with Gasteiger partial charge in [0.25, 0.3) is 0 Å².